The van der Waals surface area contributed by atoms with Crippen molar-refractivity contribution in [1.29, 1.82) is 0 Å². The second-order valence-electron chi connectivity index (χ2n) is 6.87. The van der Waals surface area contributed by atoms with Gasteiger partial charge >= 0.3 is 0 Å². The maximum Gasteiger partial charge on any atom is 0.286 e. The summed E-state index contributed by atoms with van der Waals surface area (Å²) in [4.78, 5) is 39.9. The van der Waals surface area contributed by atoms with Crippen molar-refractivity contribution in [3.63, 3.8) is 0 Å². The van der Waals surface area contributed by atoms with Gasteiger partial charge in [-0.15, -0.1) is 11.3 Å². The van der Waals surface area contributed by atoms with Gasteiger partial charge in [0.1, 0.15) is 4.34 Å². The number of halogens is 4. The highest BCUT2D eigenvalue weighted by Gasteiger charge is 2.19. The molecule has 2 amide bonds. The largest absolute Gasteiger partial charge is 0.324 e. The Kier molecular flexibility index (Phi) is 6.22. The minimum Gasteiger partial charge on any atom is -0.324 e. The number of carbonyl (C=O) groups excluding carboxylic acids is 2. The van der Waals surface area contributed by atoms with E-state index in [9.17, 15) is 27.6 Å². The first-order chi connectivity index (χ1) is 15.7. The summed E-state index contributed by atoms with van der Waals surface area (Å²) < 4.78 is 39.7. The average Bonchev–Trinajstić information content (AvgIpc) is 3.30. The van der Waals surface area contributed by atoms with Crippen LogP contribution in [0.5, 0.6) is 0 Å². The smallest absolute Gasteiger partial charge is 0.286 e. The minimum atomic E-state index is -2.87. The Morgan fingerprint density at radius 3 is 2.85 bits per heavy atom. The second kappa shape index (κ2) is 9.09. The van der Waals surface area contributed by atoms with E-state index in [0.29, 0.717) is 27.1 Å². The zero-order chi connectivity index (χ0) is 23.7. The fourth-order valence-corrected chi connectivity index (χ4v) is 4.09. The molecule has 1 aliphatic heterocycles. The topological polar surface area (TPSA) is 93.1 Å². The van der Waals surface area contributed by atoms with Crippen molar-refractivity contribution in [3.8, 4) is 11.8 Å². The molecule has 0 unspecified atom stereocenters. The predicted molar refractivity (Wildman–Crippen MR) is 116 cm³/mol. The Labute approximate surface area is 193 Å². The SMILES string of the molecule is O=C1Cc2ncc(C#Cc3cc(C(=O)Nc4cc(F)c(=O)n(CC(F)F)c4)sc3Cl)cc2N1. The number of anilines is 2. The molecule has 1 aliphatic rings. The van der Waals surface area contributed by atoms with Crippen LogP contribution in [0.25, 0.3) is 0 Å². The summed E-state index contributed by atoms with van der Waals surface area (Å²) in [7, 11) is 0. The molecule has 0 bridgehead atoms. The average molecular weight is 493 g/mol. The lowest BCUT2D eigenvalue weighted by Gasteiger charge is -2.09. The fraction of sp³-hybridized carbons (Fsp3) is 0.143. The molecule has 12 heteroatoms. The van der Waals surface area contributed by atoms with Crippen LogP contribution in [-0.4, -0.2) is 27.8 Å². The lowest BCUT2D eigenvalue weighted by Crippen LogP contribution is -2.26. The van der Waals surface area contributed by atoms with Gasteiger partial charge in [-0.25, -0.2) is 13.2 Å². The van der Waals surface area contributed by atoms with E-state index in [2.05, 4.69) is 27.5 Å². The number of nitrogens with one attached hydrogen (secondary N) is 2. The third kappa shape index (κ3) is 5.08. The molecule has 0 aliphatic carbocycles. The Bertz CT molecular complexity index is 1410. The summed E-state index contributed by atoms with van der Waals surface area (Å²) >= 11 is 7.09. The number of fused-ring (bicyclic) bond motifs is 1. The molecule has 0 saturated carbocycles. The summed E-state index contributed by atoms with van der Waals surface area (Å²) in [6, 6.07) is 3.85. The number of thiophene rings is 1. The molecule has 2 N–H and O–H groups in total. The number of nitrogens with zero attached hydrogens (tertiary/aromatic N) is 2. The van der Waals surface area contributed by atoms with Crippen molar-refractivity contribution >= 4 is 46.1 Å². The molecule has 3 aromatic heterocycles. The van der Waals surface area contributed by atoms with E-state index < -0.39 is 30.3 Å². The number of rotatable bonds is 4. The van der Waals surface area contributed by atoms with Gasteiger partial charge in [0.2, 0.25) is 5.91 Å². The van der Waals surface area contributed by atoms with Crippen LogP contribution >= 0.6 is 22.9 Å². The standard InChI is InChI=1S/C21H12ClF3N4O3S/c22-19-11(2-1-10-3-15-14(26-7-10)6-18(30)28-15)4-16(33-19)20(31)27-12-5-13(23)21(32)29(8-12)9-17(24)25/h3-5,7-8,17H,6,9H2,(H,27,31)(H,28,30). The molecule has 0 saturated heterocycles. The van der Waals surface area contributed by atoms with Crippen molar-refractivity contribution in [1.82, 2.24) is 9.55 Å². The van der Waals surface area contributed by atoms with E-state index in [0.717, 1.165) is 23.6 Å². The molecule has 0 fully saturated rings. The third-order valence-corrected chi connectivity index (χ3v) is 5.82. The number of amides is 2. The highest BCUT2D eigenvalue weighted by atomic mass is 35.5. The zero-order valence-corrected chi connectivity index (χ0v) is 18.0. The molecule has 0 aromatic carbocycles. The van der Waals surface area contributed by atoms with Crippen LogP contribution in [-0.2, 0) is 17.8 Å². The summed E-state index contributed by atoms with van der Waals surface area (Å²) in [5, 5.41) is 5.03. The summed E-state index contributed by atoms with van der Waals surface area (Å²) in [5.74, 6) is 3.57. The monoisotopic (exact) mass is 492 g/mol. The van der Waals surface area contributed by atoms with Gasteiger partial charge in [0.15, 0.2) is 5.82 Å². The van der Waals surface area contributed by atoms with Gasteiger partial charge in [0.05, 0.1) is 40.5 Å². The van der Waals surface area contributed by atoms with Gasteiger partial charge < -0.3 is 15.2 Å². The highest BCUT2D eigenvalue weighted by molar-refractivity contribution is 7.18. The lowest BCUT2D eigenvalue weighted by molar-refractivity contribution is -0.115. The van der Waals surface area contributed by atoms with Crippen molar-refractivity contribution < 1.29 is 22.8 Å². The van der Waals surface area contributed by atoms with E-state index >= 15 is 0 Å². The van der Waals surface area contributed by atoms with Gasteiger partial charge in [-0.1, -0.05) is 23.4 Å². The second-order valence-corrected chi connectivity index (χ2v) is 8.52. The van der Waals surface area contributed by atoms with E-state index in [-0.39, 0.29) is 27.2 Å². The maximum atomic E-state index is 13.8. The van der Waals surface area contributed by atoms with E-state index in [1.54, 1.807) is 6.07 Å². The first kappa shape index (κ1) is 22.6. The molecule has 0 spiro atoms. The van der Waals surface area contributed by atoms with Gasteiger partial charge in [-0.2, -0.15) is 0 Å². The molecule has 4 heterocycles. The molecule has 3 aromatic rings. The van der Waals surface area contributed by atoms with Crippen LogP contribution in [0.1, 0.15) is 26.5 Å². The number of hydrogen-bond donors (Lipinski definition) is 2. The number of carbonyl (C=O) groups is 2. The van der Waals surface area contributed by atoms with Crippen molar-refractivity contribution in [3.05, 3.63) is 72.8 Å². The Morgan fingerprint density at radius 2 is 2.09 bits per heavy atom. The van der Waals surface area contributed by atoms with E-state index in [1.807, 2.05) is 0 Å². The molecule has 0 atom stereocenters. The maximum absolute atomic E-state index is 13.8. The Balaban J connectivity index is 1.53. The van der Waals surface area contributed by atoms with Crippen LogP contribution in [0.15, 0.2) is 35.4 Å². The fourth-order valence-electron chi connectivity index (χ4n) is 3.01. The van der Waals surface area contributed by atoms with Crippen LogP contribution in [0.3, 0.4) is 0 Å². The van der Waals surface area contributed by atoms with Crippen molar-refractivity contribution in [2.24, 2.45) is 0 Å². The van der Waals surface area contributed by atoms with Gasteiger partial charge in [-0.3, -0.25) is 19.4 Å². The number of aromatic nitrogens is 2. The molecular formula is C21H12ClF3N4O3S. The zero-order valence-electron chi connectivity index (χ0n) is 16.4. The summed E-state index contributed by atoms with van der Waals surface area (Å²) in [5.41, 5.74) is 0.719. The summed E-state index contributed by atoms with van der Waals surface area (Å²) in [6.07, 6.45) is -0.211. The normalized spacial score (nSPS) is 12.2. The third-order valence-electron chi connectivity index (χ3n) is 4.46. The van der Waals surface area contributed by atoms with Crippen molar-refractivity contribution in [2.45, 2.75) is 19.4 Å². The molecule has 4 rings (SSSR count). The van der Waals surface area contributed by atoms with Gasteiger partial charge in [0.25, 0.3) is 17.9 Å². The summed E-state index contributed by atoms with van der Waals surface area (Å²) in [6.45, 7) is -1.01. The van der Waals surface area contributed by atoms with Gasteiger partial charge in [0, 0.05) is 24.0 Å². The minimum absolute atomic E-state index is 0.135. The predicted octanol–water partition coefficient (Wildman–Crippen LogP) is 3.51. The van der Waals surface area contributed by atoms with Crippen LogP contribution in [0.4, 0.5) is 24.5 Å². The quantitative estimate of drug-likeness (QED) is 0.545. The molecule has 33 heavy (non-hydrogen) atoms. The first-order valence-corrected chi connectivity index (χ1v) is 10.5. The molecule has 7 nitrogen and oxygen atoms in total. The van der Waals surface area contributed by atoms with Crippen molar-refractivity contribution in [2.75, 3.05) is 10.6 Å². The highest BCUT2D eigenvalue weighted by Crippen LogP contribution is 2.28. The first-order valence-electron chi connectivity index (χ1n) is 9.29. The molecular weight excluding hydrogens is 481 g/mol. The van der Waals surface area contributed by atoms with E-state index in [1.165, 1.54) is 12.3 Å². The van der Waals surface area contributed by atoms with Crippen LogP contribution < -0.4 is 16.2 Å². The molecule has 0 radical (unpaired) electrons. The number of hydrogen-bond acceptors (Lipinski definition) is 5. The lowest BCUT2D eigenvalue weighted by atomic mass is 10.2. The van der Waals surface area contributed by atoms with E-state index in [4.69, 9.17) is 11.6 Å². The Morgan fingerprint density at radius 1 is 1.30 bits per heavy atom. The Hall–Kier alpha value is -3.62. The van der Waals surface area contributed by atoms with Gasteiger partial charge in [-0.05, 0) is 12.1 Å². The number of pyridine rings is 2. The molecule has 168 valence electrons. The number of alkyl halides is 2. The van der Waals surface area contributed by atoms with Crippen LogP contribution in [0, 0.1) is 17.7 Å². The van der Waals surface area contributed by atoms with Crippen LogP contribution in [0.2, 0.25) is 4.34 Å².